The summed E-state index contributed by atoms with van der Waals surface area (Å²) in [6.07, 6.45) is 4.86. The van der Waals surface area contributed by atoms with Gasteiger partial charge in [-0.2, -0.15) is 0 Å². The van der Waals surface area contributed by atoms with E-state index in [1.54, 1.807) is 13.3 Å². The van der Waals surface area contributed by atoms with E-state index < -0.39 is 0 Å². The number of anilines is 1. The quantitative estimate of drug-likeness (QED) is 0.616. The second-order valence-electron chi connectivity index (χ2n) is 4.97. The van der Waals surface area contributed by atoms with Crippen molar-refractivity contribution < 1.29 is 9.53 Å². The minimum Gasteiger partial charge on any atom is -0.385 e. The van der Waals surface area contributed by atoms with Crippen molar-refractivity contribution in [3.8, 4) is 0 Å². The Bertz CT molecular complexity index is 408. The van der Waals surface area contributed by atoms with Crippen LogP contribution in [0.15, 0.2) is 12.4 Å². The van der Waals surface area contributed by atoms with Gasteiger partial charge in [0.25, 0.3) is 5.91 Å². The van der Waals surface area contributed by atoms with Crippen molar-refractivity contribution in [1.29, 1.82) is 0 Å². The molecule has 0 bridgehead atoms. The van der Waals surface area contributed by atoms with Crippen LogP contribution >= 0.6 is 0 Å². The number of hydrogen-bond acceptors (Lipinski definition) is 6. The molecule has 1 rings (SSSR count). The number of aromatic nitrogens is 2. The summed E-state index contributed by atoms with van der Waals surface area (Å²) in [5, 5.41) is 5.95. The molecule has 0 saturated carbocycles. The number of hydrogen-bond donors (Lipinski definition) is 2. The lowest BCUT2D eigenvalue weighted by Gasteiger charge is -2.09. The summed E-state index contributed by atoms with van der Waals surface area (Å²) in [6, 6.07) is 0. The number of carbonyl (C=O) groups is 1. The molecule has 1 aromatic heterocycles. The zero-order chi connectivity index (χ0) is 15.5. The molecule has 7 nitrogen and oxygen atoms in total. The first-order chi connectivity index (χ1) is 10.1. The average Bonchev–Trinajstić information content (AvgIpc) is 2.48. The van der Waals surface area contributed by atoms with Crippen LogP contribution in [-0.2, 0) is 4.74 Å². The van der Waals surface area contributed by atoms with E-state index in [9.17, 15) is 4.79 Å². The minimum atomic E-state index is -0.188. The number of ether oxygens (including phenoxy) is 1. The van der Waals surface area contributed by atoms with Crippen molar-refractivity contribution >= 4 is 11.7 Å². The lowest BCUT2D eigenvalue weighted by molar-refractivity contribution is 0.0947. The second kappa shape index (κ2) is 10.1. The SMILES string of the molecule is COCCCNc1cnc(C(=O)NCCCN(C)C)cn1. The van der Waals surface area contributed by atoms with Crippen LogP contribution in [0.2, 0.25) is 0 Å². The van der Waals surface area contributed by atoms with Crippen molar-refractivity contribution in [2.24, 2.45) is 0 Å². The van der Waals surface area contributed by atoms with Gasteiger partial charge in [-0.1, -0.05) is 0 Å². The molecular formula is C14H25N5O2. The van der Waals surface area contributed by atoms with E-state index in [-0.39, 0.29) is 5.91 Å². The molecule has 0 aliphatic carbocycles. The number of carbonyl (C=O) groups excluding carboxylic acids is 1. The molecule has 21 heavy (non-hydrogen) atoms. The highest BCUT2D eigenvalue weighted by Crippen LogP contribution is 2.01. The maximum Gasteiger partial charge on any atom is 0.271 e. The maximum atomic E-state index is 11.8. The highest BCUT2D eigenvalue weighted by atomic mass is 16.5. The summed E-state index contributed by atoms with van der Waals surface area (Å²) in [5.74, 6) is 0.474. The molecule has 1 aromatic rings. The monoisotopic (exact) mass is 295 g/mol. The van der Waals surface area contributed by atoms with Crippen molar-refractivity contribution in [3.05, 3.63) is 18.1 Å². The molecule has 0 radical (unpaired) electrons. The first-order valence-electron chi connectivity index (χ1n) is 7.11. The summed E-state index contributed by atoms with van der Waals surface area (Å²) < 4.78 is 4.96. The highest BCUT2D eigenvalue weighted by Gasteiger charge is 2.07. The van der Waals surface area contributed by atoms with Gasteiger partial charge in [-0.3, -0.25) is 4.79 Å². The van der Waals surface area contributed by atoms with Gasteiger partial charge in [0.05, 0.1) is 12.4 Å². The lowest BCUT2D eigenvalue weighted by atomic mass is 10.3. The molecular weight excluding hydrogens is 270 g/mol. The van der Waals surface area contributed by atoms with Gasteiger partial charge in [-0.15, -0.1) is 0 Å². The number of nitrogens with one attached hydrogen (secondary N) is 2. The third-order valence-electron chi connectivity index (χ3n) is 2.78. The standard InChI is InChI=1S/C14H25N5O2/c1-19(2)8-4-6-16-14(20)12-10-18-13(11-17-12)15-7-5-9-21-3/h10-11H,4-9H2,1-3H3,(H,15,18)(H,16,20). The van der Waals surface area contributed by atoms with Gasteiger partial charge >= 0.3 is 0 Å². The molecule has 0 aliphatic heterocycles. The van der Waals surface area contributed by atoms with Gasteiger partial charge in [-0.05, 0) is 33.5 Å². The van der Waals surface area contributed by atoms with E-state index in [1.807, 2.05) is 14.1 Å². The van der Waals surface area contributed by atoms with Crippen LogP contribution in [0.1, 0.15) is 23.3 Å². The van der Waals surface area contributed by atoms with E-state index in [4.69, 9.17) is 4.74 Å². The number of rotatable bonds is 10. The van der Waals surface area contributed by atoms with Crippen molar-refractivity contribution in [3.63, 3.8) is 0 Å². The third-order valence-corrected chi connectivity index (χ3v) is 2.78. The first kappa shape index (κ1) is 17.3. The van der Waals surface area contributed by atoms with Crippen LogP contribution in [0.5, 0.6) is 0 Å². The molecule has 1 heterocycles. The Labute approximate surface area is 126 Å². The fourth-order valence-corrected chi connectivity index (χ4v) is 1.66. The Balaban J connectivity index is 2.30. The molecule has 2 N–H and O–H groups in total. The van der Waals surface area contributed by atoms with E-state index >= 15 is 0 Å². The molecule has 0 aromatic carbocycles. The molecule has 0 atom stereocenters. The summed E-state index contributed by atoms with van der Waals surface area (Å²) >= 11 is 0. The third kappa shape index (κ3) is 7.57. The predicted molar refractivity (Wildman–Crippen MR) is 82.5 cm³/mol. The van der Waals surface area contributed by atoms with Crippen molar-refractivity contribution in [2.45, 2.75) is 12.8 Å². The van der Waals surface area contributed by atoms with Crippen LogP contribution in [-0.4, -0.2) is 68.2 Å². The van der Waals surface area contributed by atoms with Crippen molar-refractivity contribution in [2.75, 3.05) is 52.8 Å². The van der Waals surface area contributed by atoms with Crippen LogP contribution in [0.4, 0.5) is 5.82 Å². The van der Waals surface area contributed by atoms with Crippen LogP contribution in [0.25, 0.3) is 0 Å². The number of nitrogens with zero attached hydrogens (tertiary/aromatic N) is 3. The summed E-state index contributed by atoms with van der Waals surface area (Å²) in [4.78, 5) is 22.2. The van der Waals surface area contributed by atoms with Gasteiger partial charge in [0.2, 0.25) is 0 Å². The van der Waals surface area contributed by atoms with Crippen molar-refractivity contribution in [1.82, 2.24) is 20.2 Å². The Morgan fingerprint density at radius 3 is 2.67 bits per heavy atom. The smallest absolute Gasteiger partial charge is 0.271 e. The minimum absolute atomic E-state index is 0.188. The average molecular weight is 295 g/mol. The Morgan fingerprint density at radius 2 is 2.05 bits per heavy atom. The zero-order valence-corrected chi connectivity index (χ0v) is 13.1. The van der Waals surface area contributed by atoms with Crippen LogP contribution < -0.4 is 10.6 Å². The Morgan fingerprint density at radius 1 is 1.24 bits per heavy atom. The zero-order valence-electron chi connectivity index (χ0n) is 13.1. The molecule has 7 heteroatoms. The molecule has 118 valence electrons. The molecule has 0 unspecified atom stereocenters. The topological polar surface area (TPSA) is 79.4 Å². The normalized spacial score (nSPS) is 10.7. The van der Waals surface area contributed by atoms with Gasteiger partial charge in [0.1, 0.15) is 11.5 Å². The summed E-state index contributed by atoms with van der Waals surface area (Å²) in [7, 11) is 5.68. The van der Waals surface area contributed by atoms with Gasteiger partial charge in [0.15, 0.2) is 0 Å². The van der Waals surface area contributed by atoms with E-state index in [0.717, 1.165) is 25.9 Å². The summed E-state index contributed by atoms with van der Waals surface area (Å²) in [6.45, 7) is 3.04. The van der Waals surface area contributed by atoms with Gasteiger partial charge in [0, 0.05) is 26.8 Å². The van der Waals surface area contributed by atoms with E-state index in [1.165, 1.54) is 6.20 Å². The van der Waals surface area contributed by atoms with Gasteiger partial charge in [-0.25, -0.2) is 9.97 Å². The second-order valence-corrected chi connectivity index (χ2v) is 4.97. The molecule has 0 aliphatic rings. The lowest BCUT2D eigenvalue weighted by Crippen LogP contribution is -2.27. The molecule has 1 amide bonds. The predicted octanol–water partition coefficient (Wildman–Crippen LogP) is 0.607. The maximum absolute atomic E-state index is 11.8. The summed E-state index contributed by atoms with van der Waals surface area (Å²) in [5.41, 5.74) is 0.335. The first-order valence-corrected chi connectivity index (χ1v) is 7.11. The Kier molecular flexibility index (Phi) is 8.30. The van der Waals surface area contributed by atoms with E-state index in [2.05, 4.69) is 25.5 Å². The van der Waals surface area contributed by atoms with Gasteiger partial charge < -0.3 is 20.3 Å². The largest absolute Gasteiger partial charge is 0.385 e. The molecule has 0 saturated heterocycles. The van der Waals surface area contributed by atoms with Crippen LogP contribution in [0.3, 0.4) is 0 Å². The number of methoxy groups -OCH3 is 1. The molecule has 0 spiro atoms. The highest BCUT2D eigenvalue weighted by molar-refractivity contribution is 5.91. The fourth-order valence-electron chi connectivity index (χ4n) is 1.66. The molecule has 0 fully saturated rings. The van der Waals surface area contributed by atoms with E-state index in [0.29, 0.717) is 24.7 Å². The van der Waals surface area contributed by atoms with Crippen LogP contribution in [0, 0.1) is 0 Å². The number of amides is 1. The Hall–Kier alpha value is -1.73. The fraction of sp³-hybridized carbons (Fsp3) is 0.643.